The summed E-state index contributed by atoms with van der Waals surface area (Å²) >= 11 is 0. The van der Waals surface area contributed by atoms with Gasteiger partial charge in [0.25, 0.3) is 0 Å². The van der Waals surface area contributed by atoms with E-state index in [9.17, 15) is 21.6 Å². The van der Waals surface area contributed by atoms with Crippen molar-refractivity contribution in [2.45, 2.75) is 23.9 Å². The number of rotatable bonds is 2. The Labute approximate surface area is 132 Å². The fraction of sp³-hybridized carbons (Fsp3) is 0.375. The van der Waals surface area contributed by atoms with Gasteiger partial charge in [-0.2, -0.15) is 17.5 Å². The molecule has 23 heavy (non-hydrogen) atoms. The molecule has 2 aromatic rings. The first kappa shape index (κ1) is 16.3. The Morgan fingerprint density at radius 3 is 2.43 bits per heavy atom. The highest BCUT2D eigenvalue weighted by atomic mass is 32.2. The van der Waals surface area contributed by atoms with E-state index in [0.717, 1.165) is 15.1 Å². The molecule has 0 saturated carbocycles. The Morgan fingerprint density at radius 2 is 1.74 bits per heavy atom. The molecule has 0 aliphatic carbocycles. The number of alkyl halides is 3. The molecular formula is C16H16F3NO2S. The summed E-state index contributed by atoms with van der Waals surface area (Å²) in [7, 11) is -3.91. The van der Waals surface area contributed by atoms with Crippen LogP contribution in [0.1, 0.15) is 12.8 Å². The summed E-state index contributed by atoms with van der Waals surface area (Å²) in [4.78, 5) is 0.0408. The van der Waals surface area contributed by atoms with Crippen molar-refractivity contribution in [1.29, 1.82) is 0 Å². The number of hydrogen-bond donors (Lipinski definition) is 0. The lowest BCUT2D eigenvalue weighted by Crippen LogP contribution is -2.44. The first-order valence-electron chi connectivity index (χ1n) is 7.34. The number of fused-ring (bicyclic) bond motifs is 1. The normalized spacial score (nSPS) is 20.7. The predicted octanol–water partition coefficient (Wildman–Crippen LogP) is 3.80. The molecule has 124 valence electrons. The van der Waals surface area contributed by atoms with Crippen LogP contribution < -0.4 is 0 Å². The third-order valence-electron chi connectivity index (χ3n) is 4.21. The molecule has 0 N–H and O–H groups in total. The molecule has 1 atom stereocenters. The lowest BCUT2D eigenvalue weighted by Gasteiger charge is -2.32. The molecule has 3 nitrogen and oxygen atoms in total. The van der Waals surface area contributed by atoms with E-state index < -0.39 is 28.7 Å². The van der Waals surface area contributed by atoms with Gasteiger partial charge < -0.3 is 0 Å². The molecule has 0 unspecified atom stereocenters. The maximum absolute atomic E-state index is 12.9. The maximum Gasteiger partial charge on any atom is 0.393 e. The molecule has 1 aliphatic rings. The fourth-order valence-corrected chi connectivity index (χ4v) is 4.46. The second kappa shape index (κ2) is 5.79. The van der Waals surface area contributed by atoms with Gasteiger partial charge in [-0.1, -0.05) is 30.3 Å². The zero-order valence-electron chi connectivity index (χ0n) is 12.3. The third kappa shape index (κ3) is 3.21. The largest absolute Gasteiger partial charge is 0.393 e. The van der Waals surface area contributed by atoms with Crippen LogP contribution >= 0.6 is 0 Å². The number of benzene rings is 2. The summed E-state index contributed by atoms with van der Waals surface area (Å²) in [5.41, 5.74) is 0. The Bertz CT molecular complexity index is 817. The molecule has 2 aromatic carbocycles. The monoisotopic (exact) mass is 343 g/mol. The molecule has 0 radical (unpaired) electrons. The lowest BCUT2D eigenvalue weighted by molar-refractivity contribution is -0.182. The molecule has 1 saturated heterocycles. The number of halogens is 3. The fourth-order valence-electron chi connectivity index (χ4n) is 2.90. The highest BCUT2D eigenvalue weighted by Gasteiger charge is 2.44. The average molecular weight is 343 g/mol. The van der Waals surface area contributed by atoms with Crippen LogP contribution in [-0.4, -0.2) is 32.0 Å². The summed E-state index contributed by atoms with van der Waals surface area (Å²) in [5, 5.41) is 1.64. The van der Waals surface area contributed by atoms with Crippen LogP contribution in [0.4, 0.5) is 13.2 Å². The van der Waals surface area contributed by atoms with E-state index in [0.29, 0.717) is 0 Å². The summed E-state index contributed by atoms with van der Waals surface area (Å²) in [6.45, 7) is -0.375. The number of hydrogen-bond acceptors (Lipinski definition) is 2. The molecule has 0 aromatic heterocycles. The molecule has 0 bridgehead atoms. The van der Waals surface area contributed by atoms with Crippen LogP contribution in [0.3, 0.4) is 0 Å². The first-order valence-corrected chi connectivity index (χ1v) is 8.78. The van der Waals surface area contributed by atoms with Crippen LogP contribution in [0.25, 0.3) is 10.8 Å². The van der Waals surface area contributed by atoms with Crippen LogP contribution in [0.15, 0.2) is 47.4 Å². The highest BCUT2D eigenvalue weighted by molar-refractivity contribution is 7.89. The zero-order valence-corrected chi connectivity index (χ0v) is 13.1. The molecule has 1 aliphatic heterocycles. The Morgan fingerprint density at radius 1 is 1.04 bits per heavy atom. The molecule has 7 heteroatoms. The van der Waals surface area contributed by atoms with Crippen molar-refractivity contribution < 1.29 is 21.6 Å². The van der Waals surface area contributed by atoms with E-state index in [2.05, 4.69) is 0 Å². The van der Waals surface area contributed by atoms with E-state index >= 15 is 0 Å². The second-order valence-corrected chi connectivity index (χ2v) is 7.69. The lowest BCUT2D eigenvalue weighted by atomic mass is 9.99. The number of piperidine rings is 1. The summed E-state index contributed by atoms with van der Waals surface area (Å²) in [5.74, 6) is -1.59. The van der Waals surface area contributed by atoms with Gasteiger partial charge in [-0.25, -0.2) is 8.42 Å². The molecule has 0 spiro atoms. The topological polar surface area (TPSA) is 37.4 Å². The maximum atomic E-state index is 12.9. The molecular weight excluding hydrogens is 327 g/mol. The summed E-state index contributed by atoms with van der Waals surface area (Å²) < 4.78 is 65.0. The van der Waals surface area contributed by atoms with Crippen molar-refractivity contribution >= 4 is 20.8 Å². The standard InChI is InChI=1S/C16H16F3NO2S/c17-16(18,19)14-6-3-9-20(11-14)23(21,22)15-8-7-12-4-1-2-5-13(12)10-15/h1-2,4-5,7-8,10,14H,3,6,9,11H2/t14-/m0/s1. The van der Waals surface area contributed by atoms with Crippen molar-refractivity contribution in [2.24, 2.45) is 5.92 Å². The van der Waals surface area contributed by atoms with Crippen LogP contribution in [-0.2, 0) is 10.0 Å². The van der Waals surface area contributed by atoms with Gasteiger partial charge in [0.15, 0.2) is 0 Å². The molecule has 1 heterocycles. The van der Waals surface area contributed by atoms with Crippen molar-refractivity contribution in [3.63, 3.8) is 0 Å². The molecule has 0 amide bonds. The second-order valence-electron chi connectivity index (χ2n) is 5.75. The summed E-state index contributed by atoms with van der Waals surface area (Å²) in [6, 6.07) is 11.9. The van der Waals surface area contributed by atoms with Gasteiger partial charge in [0.05, 0.1) is 10.8 Å². The van der Waals surface area contributed by atoms with Crippen molar-refractivity contribution in [3.05, 3.63) is 42.5 Å². The van der Waals surface area contributed by atoms with E-state index in [4.69, 9.17) is 0 Å². The highest BCUT2D eigenvalue weighted by Crippen LogP contribution is 2.35. The average Bonchev–Trinajstić information content (AvgIpc) is 2.53. The van der Waals surface area contributed by atoms with Gasteiger partial charge in [-0.05, 0) is 35.7 Å². The number of nitrogens with zero attached hydrogens (tertiary/aromatic N) is 1. The van der Waals surface area contributed by atoms with E-state index in [1.54, 1.807) is 18.2 Å². The van der Waals surface area contributed by atoms with E-state index in [1.165, 1.54) is 12.1 Å². The minimum absolute atomic E-state index is 0.0206. The van der Waals surface area contributed by atoms with Gasteiger partial charge in [0.1, 0.15) is 0 Å². The molecule has 1 fully saturated rings. The van der Waals surface area contributed by atoms with Gasteiger partial charge in [-0.15, -0.1) is 0 Å². The zero-order chi connectivity index (χ0) is 16.7. The quantitative estimate of drug-likeness (QED) is 0.832. The van der Waals surface area contributed by atoms with Crippen LogP contribution in [0.5, 0.6) is 0 Å². The van der Waals surface area contributed by atoms with Gasteiger partial charge >= 0.3 is 6.18 Å². The minimum Gasteiger partial charge on any atom is -0.207 e. The predicted molar refractivity (Wildman–Crippen MR) is 81.5 cm³/mol. The Hall–Kier alpha value is -1.60. The minimum atomic E-state index is -4.36. The van der Waals surface area contributed by atoms with Gasteiger partial charge in [0, 0.05) is 13.1 Å². The van der Waals surface area contributed by atoms with Crippen molar-refractivity contribution in [3.8, 4) is 0 Å². The number of sulfonamides is 1. The molecule has 3 rings (SSSR count). The van der Waals surface area contributed by atoms with Gasteiger partial charge in [-0.3, -0.25) is 0 Å². The Balaban J connectivity index is 1.93. The van der Waals surface area contributed by atoms with Crippen molar-refractivity contribution in [1.82, 2.24) is 4.31 Å². The van der Waals surface area contributed by atoms with E-state index in [1.807, 2.05) is 12.1 Å². The first-order chi connectivity index (χ1) is 10.8. The van der Waals surface area contributed by atoms with Crippen LogP contribution in [0.2, 0.25) is 0 Å². The smallest absolute Gasteiger partial charge is 0.207 e. The summed E-state index contributed by atoms with van der Waals surface area (Å²) in [6.07, 6.45) is -4.16. The Kier molecular flexibility index (Phi) is 4.10. The van der Waals surface area contributed by atoms with Crippen LogP contribution in [0, 0.1) is 5.92 Å². The third-order valence-corrected chi connectivity index (χ3v) is 6.07. The van der Waals surface area contributed by atoms with Crippen molar-refractivity contribution in [2.75, 3.05) is 13.1 Å². The van der Waals surface area contributed by atoms with E-state index in [-0.39, 0.29) is 24.3 Å². The van der Waals surface area contributed by atoms with Gasteiger partial charge in [0.2, 0.25) is 10.0 Å². The SMILES string of the molecule is O=S(=O)(c1ccc2ccccc2c1)N1CCC[C@H](C(F)(F)F)C1.